The van der Waals surface area contributed by atoms with Crippen LogP contribution in [0.5, 0.6) is 0 Å². The van der Waals surface area contributed by atoms with Gasteiger partial charge < -0.3 is 45.2 Å². The topological polar surface area (TPSA) is 216 Å². The lowest BCUT2D eigenvalue weighted by atomic mass is 10.0. The Kier molecular flexibility index (Phi) is 9.48. The monoisotopic (exact) mass is 541 g/mol. The number of hydrogen-bond acceptors (Lipinski definition) is 10. The number of hydrogen-bond donors (Lipinski definition) is 6. The molecule has 1 aliphatic rings. The van der Waals surface area contributed by atoms with Crippen molar-refractivity contribution in [3.8, 4) is 0 Å². The molecule has 13 nitrogen and oxygen atoms in total. The molecule has 1 aliphatic heterocycles. The average Bonchev–Trinajstić information content (AvgIpc) is 3.22. The summed E-state index contributed by atoms with van der Waals surface area (Å²) in [7, 11) is -5.10. The molecule has 2 heterocycles. The molecule has 206 valence electrons. The molecule has 0 spiro atoms. The van der Waals surface area contributed by atoms with E-state index in [0.29, 0.717) is 5.56 Å². The SMILES string of the molecule is CC(C)C[C@H](NP(=O)([O-])OC1OC(C)C(O)C(O)C1O)C(=O)N[C@@H](Cc1c[nH]c2ccccc12)C(=O)[O-]. The lowest BCUT2D eigenvalue weighted by Gasteiger charge is -2.41. The minimum Gasteiger partial charge on any atom is -0.766 e. The van der Waals surface area contributed by atoms with Crippen molar-refractivity contribution in [3.63, 3.8) is 0 Å². The summed E-state index contributed by atoms with van der Waals surface area (Å²) in [5, 5.41) is 46.7. The molecule has 1 aromatic heterocycles. The van der Waals surface area contributed by atoms with Crippen LogP contribution >= 0.6 is 7.75 Å². The number of aliphatic hydroxyl groups excluding tert-OH is 3. The number of aromatic nitrogens is 1. The molecular weight excluding hydrogens is 509 g/mol. The highest BCUT2D eigenvalue weighted by Crippen LogP contribution is 2.38. The third-order valence-corrected chi connectivity index (χ3v) is 7.20. The summed E-state index contributed by atoms with van der Waals surface area (Å²) in [5.74, 6) is -2.66. The van der Waals surface area contributed by atoms with Crippen molar-refractivity contribution in [2.45, 2.75) is 76.4 Å². The number of ether oxygens (including phenoxy) is 1. The van der Waals surface area contributed by atoms with Crippen LogP contribution in [0.3, 0.4) is 0 Å². The summed E-state index contributed by atoms with van der Waals surface area (Å²) in [6.45, 7) is 4.81. The summed E-state index contributed by atoms with van der Waals surface area (Å²) < 4.78 is 22.7. The first-order valence-corrected chi connectivity index (χ1v) is 13.4. The Morgan fingerprint density at radius 2 is 1.84 bits per heavy atom. The van der Waals surface area contributed by atoms with Gasteiger partial charge in [-0.2, -0.15) is 0 Å². The summed E-state index contributed by atoms with van der Waals surface area (Å²) in [6, 6.07) is 4.31. The van der Waals surface area contributed by atoms with Gasteiger partial charge in [-0.3, -0.25) is 13.9 Å². The summed E-state index contributed by atoms with van der Waals surface area (Å²) in [6.07, 6.45) is -6.47. The molecule has 1 aromatic carbocycles. The number of nitrogens with one attached hydrogen (secondary N) is 3. The predicted octanol–water partition coefficient (Wildman–Crippen LogP) is -1.74. The maximum absolute atomic E-state index is 13.0. The Balaban J connectivity index is 1.72. The number of H-pyrrole nitrogens is 1. The number of carboxylic acid groups (broad SMARTS) is 1. The number of fused-ring (bicyclic) bond motifs is 1. The van der Waals surface area contributed by atoms with E-state index in [9.17, 15) is 39.5 Å². The van der Waals surface area contributed by atoms with Gasteiger partial charge in [-0.05, 0) is 30.9 Å². The fourth-order valence-electron chi connectivity index (χ4n) is 4.13. The zero-order valence-corrected chi connectivity index (χ0v) is 21.5. The molecule has 0 radical (unpaired) electrons. The Morgan fingerprint density at radius 3 is 2.49 bits per heavy atom. The molecule has 37 heavy (non-hydrogen) atoms. The third kappa shape index (κ3) is 7.37. The van der Waals surface area contributed by atoms with Crippen LogP contribution < -0.4 is 20.4 Å². The van der Waals surface area contributed by atoms with Gasteiger partial charge in [0.1, 0.15) is 18.3 Å². The standard InChI is InChI=1S/C23H34N3O10P/c1-11(2)8-16(26-37(33,34)36-23-20(29)19(28)18(27)12(3)35-23)21(30)25-17(22(31)32)9-13-10-24-15-7-5-4-6-14(13)15/h4-7,10-12,16-20,23-24,27-29H,8-9H2,1-3H3,(H,25,30)(H,31,32)(H2,26,33,34)/p-2/t12?,16-,17-,18?,19?,20?,23?/m0/s1. The first-order chi connectivity index (χ1) is 17.3. The molecule has 8 atom stereocenters. The van der Waals surface area contributed by atoms with Crippen LogP contribution in [0.25, 0.3) is 10.9 Å². The molecule has 1 fully saturated rings. The highest BCUT2D eigenvalue weighted by molar-refractivity contribution is 7.49. The van der Waals surface area contributed by atoms with Crippen LogP contribution in [0.4, 0.5) is 0 Å². The second-order valence-electron chi connectivity index (χ2n) is 9.54. The number of aliphatic hydroxyl groups is 3. The van der Waals surface area contributed by atoms with E-state index in [4.69, 9.17) is 9.26 Å². The van der Waals surface area contributed by atoms with Gasteiger partial charge in [0.2, 0.25) is 13.7 Å². The smallest absolute Gasteiger partial charge is 0.238 e. The molecule has 3 rings (SSSR count). The number of aliphatic carboxylic acids is 1. The number of para-hydroxylation sites is 1. The summed E-state index contributed by atoms with van der Waals surface area (Å²) in [4.78, 5) is 40.6. The predicted molar refractivity (Wildman–Crippen MR) is 126 cm³/mol. The van der Waals surface area contributed by atoms with Crippen LogP contribution in [-0.2, 0) is 29.8 Å². The average molecular weight is 541 g/mol. The Morgan fingerprint density at radius 1 is 1.16 bits per heavy atom. The molecule has 1 saturated heterocycles. The van der Waals surface area contributed by atoms with E-state index in [1.54, 1.807) is 32.2 Å². The number of carbonyl (C=O) groups excluding carboxylic acids is 2. The Hall–Kier alpha value is -2.35. The molecular formula is C23H32N3O10P-2. The summed E-state index contributed by atoms with van der Waals surface area (Å²) in [5.41, 5.74) is 1.40. The number of benzene rings is 1. The number of amides is 1. The first kappa shape index (κ1) is 29.2. The molecule has 6 unspecified atom stereocenters. The lowest BCUT2D eigenvalue weighted by Crippen LogP contribution is -2.58. The highest BCUT2D eigenvalue weighted by atomic mass is 31.2. The molecule has 14 heteroatoms. The number of aromatic amines is 1. The third-order valence-electron chi connectivity index (χ3n) is 6.09. The van der Waals surface area contributed by atoms with Gasteiger partial charge >= 0.3 is 0 Å². The van der Waals surface area contributed by atoms with Crippen LogP contribution in [0.2, 0.25) is 0 Å². The zero-order valence-electron chi connectivity index (χ0n) is 20.6. The fourth-order valence-corrected chi connectivity index (χ4v) is 5.25. The Labute approximate surface area is 213 Å². The minimum atomic E-state index is -5.10. The van der Waals surface area contributed by atoms with Crippen LogP contribution in [0.15, 0.2) is 30.5 Å². The zero-order chi connectivity index (χ0) is 27.5. The van der Waals surface area contributed by atoms with Gasteiger partial charge in [0.25, 0.3) is 0 Å². The molecule has 0 bridgehead atoms. The molecule has 1 amide bonds. The second-order valence-corrected chi connectivity index (χ2v) is 11.0. The van der Waals surface area contributed by atoms with Gasteiger partial charge in [-0.25, -0.2) is 5.09 Å². The largest absolute Gasteiger partial charge is 0.766 e. The van der Waals surface area contributed by atoms with E-state index >= 15 is 0 Å². The summed E-state index contributed by atoms with van der Waals surface area (Å²) >= 11 is 0. The van der Waals surface area contributed by atoms with Crippen molar-refractivity contribution in [2.75, 3.05) is 0 Å². The van der Waals surface area contributed by atoms with Crippen LogP contribution in [0.1, 0.15) is 32.8 Å². The van der Waals surface area contributed by atoms with Gasteiger partial charge in [-0.15, -0.1) is 0 Å². The van der Waals surface area contributed by atoms with Gasteiger partial charge in [-0.1, -0.05) is 32.0 Å². The number of carboxylic acids is 1. The second kappa shape index (κ2) is 12.0. The molecule has 2 aromatic rings. The maximum Gasteiger partial charge on any atom is 0.238 e. The van der Waals surface area contributed by atoms with E-state index in [1.165, 1.54) is 6.92 Å². The maximum atomic E-state index is 13.0. The Bertz CT molecular complexity index is 1140. The normalized spacial score (nSPS) is 27.5. The van der Waals surface area contributed by atoms with Crippen molar-refractivity contribution >= 4 is 30.5 Å². The van der Waals surface area contributed by atoms with Gasteiger partial charge in [0.15, 0.2) is 6.29 Å². The van der Waals surface area contributed by atoms with Crippen LogP contribution in [0, 0.1) is 5.92 Å². The lowest BCUT2D eigenvalue weighted by molar-refractivity contribution is -0.308. The van der Waals surface area contributed by atoms with E-state index < -0.39 is 62.4 Å². The van der Waals surface area contributed by atoms with Crippen LogP contribution in [-0.4, -0.2) is 75.0 Å². The highest BCUT2D eigenvalue weighted by Gasteiger charge is 2.44. The molecule has 0 aliphatic carbocycles. The van der Waals surface area contributed by atoms with E-state index in [0.717, 1.165) is 10.9 Å². The molecule has 0 saturated carbocycles. The van der Waals surface area contributed by atoms with Crippen molar-refractivity contribution < 1.29 is 48.7 Å². The first-order valence-electron chi connectivity index (χ1n) is 11.8. The van der Waals surface area contributed by atoms with Crippen molar-refractivity contribution in [1.29, 1.82) is 0 Å². The minimum absolute atomic E-state index is 0.0138. The van der Waals surface area contributed by atoms with Crippen molar-refractivity contribution in [1.82, 2.24) is 15.4 Å². The van der Waals surface area contributed by atoms with Crippen molar-refractivity contribution in [3.05, 3.63) is 36.0 Å². The quantitative estimate of drug-likeness (QED) is 0.176. The van der Waals surface area contributed by atoms with E-state index in [2.05, 4.69) is 15.4 Å². The number of rotatable bonds is 11. The van der Waals surface area contributed by atoms with Gasteiger partial charge in [0.05, 0.1) is 24.2 Å². The van der Waals surface area contributed by atoms with E-state index in [1.807, 2.05) is 12.1 Å². The molecule has 6 N–H and O–H groups in total. The van der Waals surface area contributed by atoms with Crippen molar-refractivity contribution in [2.24, 2.45) is 5.92 Å². The van der Waals surface area contributed by atoms with Gasteiger partial charge in [0, 0.05) is 23.5 Å². The number of carbonyl (C=O) groups is 2. The van der Waals surface area contributed by atoms with E-state index in [-0.39, 0.29) is 18.8 Å². The fraction of sp³-hybridized carbons (Fsp3) is 0.565.